The number of H-pyrrole nitrogens is 1. The topological polar surface area (TPSA) is 48.6 Å². The van der Waals surface area contributed by atoms with Gasteiger partial charge >= 0.3 is 6.09 Å². The third-order valence-electron chi connectivity index (χ3n) is 4.90. The molecule has 4 rings (SSSR count). The number of aromatic nitrogens is 1. The second kappa shape index (κ2) is 8.03. The molecule has 1 saturated heterocycles. The molecule has 1 aromatic heterocycles. The summed E-state index contributed by atoms with van der Waals surface area (Å²) in [7, 11) is 0. The number of carbonyl (C=O) groups is 1. The summed E-state index contributed by atoms with van der Waals surface area (Å²) in [6.45, 7) is 8.61. The number of hydrogen-bond donors (Lipinski definition) is 1. The molecule has 3 aromatic rings. The Morgan fingerprint density at radius 3 is 2.41 bits per heavy atom. The first kappa shape index (κ1) is 19.7. The van der Waals surface area contributed by atoms with Crippen molar-refractivity contribution >= 4 is 34.4 Å². The van der Waals surface area contributed by atoms with Crippen LogP contribution < -0.4 is 4.90 Å². The van der Waals surface area contributed by atoms with Crippen molar-refractivity contribution in [1.29, 1.82) is 0 Å². The minimum absolute atomic E-state index is 0.225. The molecular formula is C23H27N3O2S. The molecule has 0 atom stereocenters. The number of hydrogen-bond acceptors (Lipinski definition) is 4. The van der Waals surface area contributed by atoms with E-state index >= 15 is 0 Å². The van der Waals surface area contributed by atoms with Crippen LogP contribution in [0.15, 0.2) is 64.5 Å². The van der Waals surface area contributed by atoms with Gasteiger partial charge in [0.15, 0.2) is 0 Å². The Morgan fingerprint density at radius 1 is 1.00 bits per heavy atom. The third-order valence-corrected chi connectivity index (χ3v) is 5.96. The monoisotopic (exact) mass is 409 g/mol. The van der Waals surface area contributed by atoms with Gasteiger partial charge in [-0.05, 0) is 39.0 Å². The zero-order valence-corrected chi connectivity index (χ0v) is 18.0. The fourth-order valence-corrected chi connectivity index (χ4v) is 4.48. The summed E-state index contributed by atoms with van der Waals surface area (Å²) in [4.78, 5) is 22.4. The molecule has 0 bridgehead atoms. The van der Waals surface area contributed by atoms with Crippen molar-refractivity contribution in [2.45, 2.75) is 36.2 Å². The summed E-state index contributed by atoms with van der Waals surface area (Å²) in [6.07, 6.45) is 1.86. The summed E-state index contributed by atoms with van der Waals surface area (Å²) in [6, 6.07) is 16.8. The van der Waals surface area contributed by atoms with Gasteiger partial charge in [0.05, 0.1) is 11.2 Å². The van der Waals surface area contributed by atoms with Crippen molar-refractivity contribution in [3.05, 3.63) is 54.7 Å². The maximum absolute atomic E-state index is 12.3. The zero-order chi connectivity index (χ0) is 20.4. The number of anilines is 1. The molecule has 1 amide bonds. The highest BCUT2D eigenvalue weighted by Crippen LogP contribution is 2.37. The molecule has 0 saturated carbocycles. The lowest BCUT2D eigenvalue weighted by molar-refractivity contribution is 0.0240. The van der Waals surface area contributed by atoms with E-state index in [0.717, 1.165) is 18.6 Å². The second-order valence-corrected chi connectivity index (χ2v) is 9.34. The van der Waals surface area contributed by atoms with Gasteiger partial charge in [-0.2, -0.15) is 0 Å². The first-order chi connectivity index (χ1) is 13.9. The molecule has 0 aliphatic carbocycles. The van der Waals surface area contributed by atoms with E-state index in [2.05, 4.69) is 58.5 Å². The Bertz CT molecular complexity index is 986. The van der Waals surface area contributed by atoms with E-state index in [1.165, 1.54) is 20.9 Å². The van der Waals surface area contributed by atoms with Gasteiger partial charge in [0, 0.05) is 47.6 Å². The first-order valence-electron chi connectivity index (χ1n) is 9.96. The SMILES string of the molecule is CC(C)(C)OC(=O)N1CCN(c2cccc3c(Sc4ccccc4)c[nH]c23)CC1. The summed E-state index contributed by atoms with van der Waals surface area (Å²) < 4.78 is 5.51. The zero-order valence-electron chi connectivity index (χ0n) is 17.1. The van der Waals surface area contributed by atoms with Gasteiger partial charge in [-0.15, -0.1) is 0 Å². The molecule has 29 heavy (non-hydrogen) atoms. The smallest absolute Gasteiger partial charge is 0.410 e. The van der Waals surface area contributed by atoms with E-state index in [0.29, 0.717) is 13.1 Å². The number of carbonyl (C=O) groups excluding carboxylic acids is 1. The number of benzene rings is 2. The minimum Gasteiger partial charge on any atom is -0.444 e. The van der Waals surface area contributed by atoms with Crippen molar-refractivity contribution in [3.63, 3.8) is 0 Å². The second-order valence-electron chi connectivity index (χ2n) is 8.22. The maximum atomic E-state index is 12.3. The molecule has 1 aliphatic rings. The van der Waals surface area contributed by atoms with Crippen molar-refractivity contribution in [2.24, 2.45) is 0 Å². The van der Waals surface area contributed by atoms with Crippen LogP contribution in [0.4, 0.5) is 10.5 Å². The normalized spacial score (nSPS) is 15.0. The van der Waals surface area contributed by atoms with Gasteiger partial charge in [-0.3, -0.25) is 0 Å². The molecule has 2 aromatic carbocycles. The predicted molar refractivity (Wildman–Crippen MR) is 119 cm³/mol. The number of rotatable bonds is 3. The van der Waals surface area contributed by atoms with Crippen LogP contribution >= 0.6 is 11.8 Å². The summed E-state index contributed by atoms with van der Waals surface area (Å²) in [5.41, 5.74) is 1.87. The van der Waals surface area contributed by atoms with E-state index in [4.69, 9.17) is 4.74 Å². The summed E-state index contributed by atoms with van der Waals surface area (Å²) in [5, 5.41) is 1.23. The van der Waals surface area contributed by atoms with Crippen molar-refractivity contribution in [3.8, 4) is 0 Å². The molecule has 1 aliphatic heterocycles. The lowest BCUT2D eigenvalue weighted by Crippen LogP contribution is -2.50. The van der Waals surface area contributed by atoms with Crippen LogP contribution in [0.25, 0.3) is 10.9 Å². The Hall–Kier alpha value is -2.60. The molecule has 1 fully saturated rings. The van der Waals surface area contributed by atoms with Crippen molar-refractivity contribution in [1.82, 2.24) is 9.88 Å². The van der Waals surface area contributed by atoms with E-state index < -0.39 is 5.60 Å². The molecule has 0 spiro atoms. The van der Waals surface area contributed by atoms with E-state index in [9.17, 15) is 4.79 Å². The van der Waals surface area contributed by atoms with E-state index in [-0.39, 0.29) is 6.09 Å². The molecule has 0 radical (unpaired) electrons. The summed E-state index contributed by atoms with van der Waals surface area (Å²) >= 11 is 1.77. The number of nitrogens with zero attached hydrogens (tertiary/aromatic N) is 2. The number of nitrogens with one attached hydrogen (secondary N) is 1. The average molecular weight is 410 g/mol. The molecule has 6 heteroatoms. The number of amides is 1. The number of para-hydroxylation sites is 1. The largest absolute Gasteiger partial charge is 0.444 e. The first-order valence-corrected chi connectivity index (χ1v) is 10.8. The standard InChI is InChI=1S/C23H27N3O2S/c1-23(2,3)28-22(27)26-14-12-25(13-15-26)19-11-7-10-18-20(16-24-21(18)19)29-17-8-5-4-6-9-17/h4-11,16,24H,12-15H2,1-3H3. The van der Waals surface area contributed by atoms with Crippen LogP contribution in [0.5, 0.6) is 0 Å². The fourth-order valence-electron chi connectivity index (χ4n) is 3.53. The van der Waals surface area contributed by atoms with E-state index in [1.54, 1.807) is 16.7 Å². The quantitative estimate of drug-likeness (QED) is 0.631. The maximum Gasteiger partial charge on any atom is 0.410 e. The molecule has 5 nitrogen and oxygen atoms in total. The van der Waals surface area contributed by atoms with Gasteiger partial charge in [0.2, 0.25) is 0 Å². The number of fused-ring (bicyclic) bond motifs is 1. The molecule has 0 unspecified atom stereocenters. The van der Waals surface area contributed by atoms with Gasteiger partial charge in [0.1, 0.15) is 5.60 Å². The van der Waals surface area contributed by atoms with Crippen LogP contribution in [-0.4, -0.2) is 47.8 Å². The van der Waals surface area contributed by atoms with Crippen molar-refractivity contribution < 1.29 is 9.53 Å². The highest BCUT2D eigenvalue weighted by atomic mass is 32.2. The van der Waals surface area contributed by atoms with Crippen molar-refractivity contribution in [2.75, 3.05) is 31.1 Å². The predicted octanol–water partition coefficient (Wildman–Crippen LogP) is 5.38. The number of piperazine rings is 1. The van der Waals surface area contributed by atoms with Crippen LogP contribution in [-0.2, 0) is 4.74 Å². The lowest BCUT2D eigenvalue weighted by atomic mass is 10.2. The van der Waals surface area contributed by atoms with Crippen LogP contribution in [0.3, 0.4) is 0 Å². The molecule has 152 valence electrons. The Kier molecular flexibility index (Phi) is 5.46. The van der Waals surface area contributed by atoms with Gasteiger partial charge in [0.25, 0.3) is 0 Å². The van der Waals surface area contributed by atoms with E-state index in [1.807, 2.05) is 26.8 Å². The fraction of sp³-hybridized carbons (Fsp3) is 0.348. The minimum atomic E-state index is -0.461. The molecule has 2 heterocycles. The van der Waals surface area contributed by atoms with Gasteiger partial charge in [-0.25, -0.2) is 4.79 Å². The Labute approximate surface area is 176 Å². The third kappa shape index (κ3) is 4.53. The average Bonchev–Trinajstić information content (AvgIpc) is 3.11. The van der Waals surface area contributed by atoms with Crippen LogP contribution in [0.2, 0.25) is 0 Å². The summed E-state index contributed by atoms with van der Waals surface area (Å²) in [5.74, 6) is 0. The van der Waals surface area contributed by atoms with Gasteiger partial charge < -0.3 is 19.5 Å². The lowest BCUT2D eigenvalue weighted by Gasteiger charge is -2.36. The Morgan fingerprint density at radius 2 is 1.72 bits per heavy atom. The highest BCUT2D eigenvalue weighted by molar-refractivity contribution is 7.99. The Balaban J connectivity index is 1.49. The van der Waals surface area contributed by atoms with Crippen LogP contribution in [0, 0.1) is 0 Å². The van der Waals surface area contributed by atoms with Gasteiger partial charge in [-0.1, -0.05) is 42.1 Å². The highest BCUT2D eigenvalue weighted by Gasteiger charge is 2.26. The number of ether oxygens (including phenoxy) is 1. The molecular weight excluding hydrogens is 382 g/mol. The number of aromatic amines is 1. The van der Waals surface area contributed by atoms with Crippen LogP contribution in [0.1, 0.15) is 20.8 Å². The molecule has 1 N–H and O–H groups in total.